The third kappa shape index (κ3) is 5.43. The molecule has 0 saturated carbocycles. The van der Waals surface area contributed by atoms with Crippen LogP contribution in [0.15, 0.2) is 76.5 Å². The van der Waals surface area contributed by atoms with Crippen LogP contribution >= 0.6 is 11.8 Å². The van der Waals surface area contributed by atoms with Crippen LogP contribution in [-0.4, -0.2) is 31.6 Å². The highest BCUT2D eigenvalue weighted by Gasteiger charge is 2.28. The monoisotopic (exact) mass is 464 g/mol. The number of nitrogens with zero attached hydrogens (tertiary/aromatic N) is 1. The second-order valence-electron chi connectivity index (χ2n) is 7.61. The van der Waals surface area contributed by atoms with Crippen LogP contribution in [-0.2, 0) is 11.3 Å². The molecule has 3 aromatic rings. The lowest BCUT2D eigenvalue weighted by molar-refractivity contribution is 0.0941. The zero-order chi connectivity index (χ0) is 23.2. The quantitative estimate of drug-likeness (QED) is 0.460. The predicted molar refractivity (Wildman–Crippen MR) is 127 cm³/mol. The highest BCUT2D eigenvalue weighted by atomic mass is 32.2. The van der Waals surface area contributed by atoms with Crippen LogP contribution in [0.1, 0.15) is 39.6 Å². The number of hydrogen-bond donors (Lipinski definition) is 1. The molecule has 0 aliphatic carbocycles. The number of fused-ring (bicyclic) bond motifs is 2. The van der Waals surface area contributed by atoms with Gasteiger partial charge in [-0.1, -0.05) is 36.0 Å². The first kappa shape index (κ1) is 23.0. The first-order valence-corrected chi connectivity index (χ1v) is 11.7. The maximum atomic E-state index is 13.8. The summed E-state index contributed by atoms with van der Waals surface area (Å²) < 4.78 is 19.1. The number of halogens is 1. The number of amides is 2. The molecule has 33 heavy (non-hydrogen) atoms. The van der Waals surface area contributed by atoms with Crippen molar-refractivity contribution in [3.8, 4) is 0 Å². The van der Waals surface area contributed by atoms with E-state index in [0.29, 0.717) is 42.1 Å². The smallest absolute Gasteiger partial charge is 0.259 e. The van der Waals surface area contributed by atoms with Gasteiger partial charge < -0.3 is 15.0 Å². The van der Waals surface area contributed by atoms with Gasteiger partial charge in [0.15, 0.2) is 0 Å². The van der Waals surface area contributed by atoms with E-state index in [4.69, 9.17) is 4.74 Å². The van der Waals surface area contributed by atoms with Gasteiger partial charge in [0.1, 0.15) is 5.82 Å². The second-order valence-corrected chi connectivity index (χ2v) is 8.69. The summed E-state index contributed by atoms with van der Waals surface area (Å²) in [4.78, 5) is 29.6. The van der Waals surface area contributed by atoms with Gasteiger partial charge in [0.2, 0.25) is 0 Å². The average Bonchev–Trinajstić information content (AvgIpc) is 2.93. The normalized spacial score (nSPS) is 12.7. The van der Waals surface area contributed by atoms with E-state index in [0.717, 1.165) is 16.2 Å². The van der Waals surface area contributed by atoms with Gasteiger partial charge in [-0.25, -0.2) is 4.39 Å². The van der Waals surface area contributed by atoms with Crippen LogP contribution < -0.4 is 10.2 Å². The highest BCUT2D eigenvalue weighted by Crippen LogP contribution is 2.42. The van der Waals surface area contributed by atoms with E-state index in [-0.39, 0.29) is 24.2 Å². The van der Waals surface area contributed by atoms with Gasteiger partial charge in [-0.2, -0.15) is 0 Å². The molecule has 170 valence electrons. The Morgan fingerprint density at radius 3 is 2.73 bits per heavy atom. The summed E-state index contributed by atoms with van der Waals surface area (Å²) in [5.74, 6) is -0.750. The summed E-state index contributed by atoms with van der Waals surface area (Å²) >= 11 is 1.49. The summed E-state index contributed by atoms with van der Waals surface area (Å²) in [6, 6.07) is 19.0. The Balaban J connectivity index is 1.66. The topological polar surface area (TPSA) is 58.6 Å². The molecule has 0 saturated heterocycles. The van der Waals surface area contributed by atoms with Crippen LogP contribution in [0.5, 0.6) is 0 Å². The number of anilines is 1. The van der Waals surface area contributed by atoms with Crippen molar-refractivity contribution < 1.29 is 18.7 Å². The number of ether oxygens (including phenoxy) is 1. The van der Waals surface area contributed by atoms with Crippen LogP contribution in [0.4, 0.5) is 10.1 Å². The van der Waals surface area contributed by atoms with E-state index in [2.05, 4.69) is 5.32 Å². The van der Waals surface area contributed by atoms with E-state index in [1.54, 1.807) is 35.2 Å². The van der Waals surface area contributed by atoms with Gasteiger partial charge in [-0.05, 0) is 61.4 Å². The minimum Gasteiger partial charge on any atom is -0.382 e. The van der Waals surface area contributed by atoms with Crippen molar-refractivity contribution in [3.63, 3.8) is 0 Å². The zero-order valence-corrected chi connectivity index (χ0v) is 19.2. The van der Waals surface area contributed by atoms with E-state index in [1.165, 1.54) is 23.9 Å². The van der Waals surface area contributed by atoms with Crippen molar-refractivity contribution in [2.24, 2.45) is 0 Å². The zero-order valence-electron chi connectivity index (χ0n) is 18.3. The molecule has 1 heterocycles. The molecule has 0 spiro atoms. The number of carbonyl (C=O) groups excluding carboxylic acids is 2. The molecule has 4 rings (SSSR count). The lowest BCUT2D eigenvalue weighted by Gasteiger charge is -2.24. The van der Waals surface area contributed by atoms with Crippen molar-refractivity contribution in [1.29, 1.82) is 0 Å². The molecular formula is C26H25FN2O3S. The molecule has 0 atom stereocenters. The number of rotatable bonds is 8. The number of benzene rings is 3. The lowest BCUT2D eigenvalue weighted by atomic mass is 10.1. The Hall–Kier alpha value is -3.16. The maximum Gasteiger partial charge on any atom is 0.259 e. The lowest BCUT2D eigenvalue weighted by Crippen LogP contribution is -2.31. The SMILES string of the molecule is CCOCCCNC(=O)c1ccc2c(c1)N(Cc1cccc(F)c1)C(=O)c1ccccc1S2. The van der Waals surface area contributed by atoms with Crippen molar-refractivity contribution in [2.75, 3.05) is 24.7 Å². The molecule has 3 aromatic carbocycles. The Labute approximate surface area is 196 Å². The number of nitrogens with one attached hydrogen (secondary N) is 1. The van der Waals surface area contributed by atoms with Gasteiger partial charge >= 0.3 is 0 Å². The fourth-order valence-corrected chi connectivity index (χ4v) is 4.72. The molecule has 7 heteroatoms. The third-order valence-corrected chi connectivity index (χ3v) is 6.42. The number of hydrogen-bond acceptors (Lipinski definition) is 4. The first-order valence-electron chi connectivity index (χ1n) is 10.9. The van der Waals surface area contributed by atoms with Gasteiger partial charge in [-0.15, -0.1) is 0 Å². The molecular weight excluding hydrogens is 439 g/mol. The summed E-state index contributed by atoms with van der Waals surface area (Å²) in [6.07, 6.45) is 0.722. The minimum absolute atomic E-state index is 0.185. The Bertz CT molecular complexity index is 1170. The Morgan fingerprint density at radius 2 is 1.91 bits per heavy atom. The van der Waals surface area contributed by atoms with Crippen LogP contribution in [0.3, 0.4) is 0 Å². The molecule has 0 fully saturated rings. The van der Waals surface area contributed by atoms with E-state index in [9.17, 15) is 14.0 Å². The second kappa shape index (κ2) is 10.6. The van der Waals surface area contributed by atoms with Gasteiger partial charge in [0.05, 0.1) is 17.8 Å². The summed E-state index contributed by atoms with van der Waals surface area (Å²) in [5.41, 5.74) is 2.35. The summed E-state index contributed by atoms with van der Waals surface area (Å²) in [6.45, 7) is 3.86. The summed E-state index contributed by atoms with van der Waals surface area (Å²) in [5, 5.41) is 2.90. The number of carbonyl (C=O) groups is 2. The van der Waals surface area contributed by atoms with E-state index >= 15 is 0 Å². The van der Waals surface area contributed by atoms with Crippen molar-refractivity contribution in [2.45, 2.75) is 29.7 Å². The van der Waals surface area contributed by atoms with Gasteiger partial charge in [0.25, 0.3) is 11.8 Å². The third-order valence-electron chi connectivity index (χ3n) is 5.28. The fraction of sp³-hybridized carbons (Fsp3) is 0.231. The molecule has 5 nitrogen and oxygen atoms in total. The molecule has 0 aromatic heterocycles. The Morgan fingerprint density at radius 1 is 1.06 bits per heavy atom. The highest BCUT2D eigenvalue weighted by molar-refractivity contribution is 7.99. The first-order chi connectivity index (χ1) is 16.1. The molecule has 2 amide bonds. The molecule has 1 aliphatic heterocycles. The largest absolute Gasteiger partial charge is 0.382 e. The maximum absolute atomic E-state index is 13.8. The van der Waals surface area contributed by atoms with Crippen LogP contribution in [0.25, 0.3) is 0 Å². The van der Waals surface area contributed by atoms with Crippen molar-refractivity contribution in [3.05, 3.63) is 89.2 Å². The van der Waals surface area contributed by atoms with Gasteiger partial charge in [-0.3, -0.25) is 9.59 Å². The van der Waals surface area contributed by atoms with Crippen LogP contribution in [0.2, 0.25) is 0 Å². The van der Waals surface area contributed by atoms with E-state index < -0.39 is 0 Å². The summed E-state index contributed by atoms with van der Waals surface area (Å²) in [7, 11) is 0. The molecule has 1 N–H and O–H groups in total. The van der Waals surface area contributed by atoms with Crippen molar-refractivity contribution >= 4 is 29.3 Å². The van der Waals surface area contributed by atoms with E-state index in [1.807, 2.05) is 31.2 Å². The van der Waals surface area contributed by atoms with Gasteiger partial charge in [0, 0.05) is 35.1 Å². The molecule has 0 radical (unpaired) electrons. The molecule has 0 bridgehead atoms. The predicted octanol–water partition coefficient (Wildman–Crippen LogP) is 5.29. The van der Waals surface area contributed by atoms with Crippen LogP contribution in [0, 0.1) is 5.82 Å². The average molecular weight is 465 g/mol. The fourth-order valence-electron chi connectivity index (χ4n) is 3.66. The Kier molecular flexibility index (Phi) is 7.42. The van der Waals surface area contributed by atoms with Crippen molar-refractivity contribution in [1.82, 2.24) is 5.32 Å². The standard InChI is InChI=1S/C26H25FN2O3S/c1-2-32-14-6-13-28-25(30)19-11-12-24-22(16-19)29(17-18-7-5-8-20(27)15-18)26(31)21-9-3-4-10-23(21)33-24/h3-5,7-12,15-16H,2,6,13-14,17H2,1H3,(H,28,30). The molecule has 1 aliphatic rings. The minimum atomic E-state index is -0.357. The molecule has 0 unspecified atom stereocenters.